The molecule has 0 heterocycles. The molecule has 160 valence electrons. The maximum atomic E-state index is 9.46. The number of aliphatic hydroxyl groups is 2. The summed E-state index contributed by atoms with van der Waals surface area (Å²) in [5.41, 5.74) is 4.10. The van der Waals surface area contributed by atoms with Crippen LogP contribution in [0.3, 0.4) is 0 Å². The van der Waals surface area contributed by atoms with Crippen molar-refractivity contribution in [2.24, 2.45) is 0 Å². The zero-order chi connectivity index (χ0) is 21.9. The number of para-hydroxylation sites is 1. The summed E-state index contributed by atoms with van der Waals surface area (Å²) >= 11 is 0. The van der Waals surface area contributed by atoms with Gasteiger partial charge in [-0.25, -0.2) is 0 Å². The van der Waals surface area contributed by atoms with Crippen LogP contribution in [-0.4, -0.2) is 27.5 Å². The van der Waals surface area contributed by atoms with E-state index in [4.69, 9.17) is 9.84 Å². The Bertz CT molecular complexity index is 889. The summed E-state index contributed by atoms with van der Waals surface area (Å²) in [7, 11) is 0. The van der Waals surface area contributed by atoms with E-state index in [1.807, 2.05) is 73.7 Å². The Morgan fingerprint density at radius 1 is 0.767 bits per heavy atom. The van der Waals surface area contributed by atoms with E-state index in [2.05, 4.69) is 0 Å². The van der Waals surface area contributed by atoms with Gasteiger partial charge in [0.2, 0.25) is 0 Å². The normalized spacial score (nSPS) is 12.4. The second-order valence-corrected chi connectivity index (χ2v) is 7.62. The average Bonchev–Trinajstić information content (AvgIpc) is 2.71. The molecule has 2 atom stereocenters. The number of phenols is 1. The van der Waals surface area contributed by atoms with Crippen molar-refractivity contribution in [3.05, 3.63) is 95.1 Å². The molecule has 0 aromatic heterocycles. The van der Waals surface area contributed by atoms with Crippen LogP contribution < -0.4 is 4.74 Å². The lowest BCUT2D eigenvalue weighted by atomic mass is 10.1. The van der Waals surface area contributed by atoms with Gasteiger partial charge in [-0.05, 0) is 49.6 Å². The Kier molecular flexibility index (Phi) is 9.39. The minimum absolute atomic E-state index is 0.265. The first-order valence-corrected chi connectivity index (χ1v) is 10.2. The van der Waals surface area contributed by atoms with Gasteiger partial charge < -0.3 is 20.1 Å². The predicted molar refractivity (Wildman–Crippen MR) is 121 cm³/mol. The maximum Gasteiger partial charge on any atom is 0.123 e. The summed E-state index contributed by atoms with van der Waals surface area (Å²) in [6.45, 7) is 6.01. The molecule has 3 aromatic carbocycles. The minimum Gasteiger partial charge on any atom is -0.508 e. The largest absolute Gasteiger partial charge is 0.508 e. The van der Waals surface area contributed by atoms with Crippen LogP contribution in [0, 0.1) is 6.92 Å². The third kappa shape index (κ3) is 8.27. The summed E-state index contributed by atoms with van der Waals surface area (Å²) < 4.78 is 5.81. The molecule has 4 nitrogen and oxygen atoms in total. The van der Waals surface area contributed by atoms with Crippen LogP contribution in [0.5, 0.6) is 11.5 Å². The molecule has 0 aliphatic carbocycles. The molecule has 0 fully saturated rings. The van der Waals surface area contributed by atoms with E-state index in [0.29, 0.717) is 19.4 Å². The highest BCUT2D eigenvalue weighted by atomic mass is 16.5. The first kappa shape index (κ1) is 23.5. The molecule has 3 N–H and O–H groups in total. The first-order valence-electron chi connectivity index (χ1n) is 10.2. The third-order valence-electron chi connectivity index (χ3n) is 4.48. The van der Waals surface area contributed by atoms with Crippen LogP contribution in [0.4, 0.5) is 0 Å². The van der Waals surface area contributed by atoms with E-state index >= 15 is 0 Å². The molecule has 30 heavy (non-hydrogen) atoms. The molecule has 0 saturated heterocycles. The van der Waals surface area contributed by atoms with Crippen LogP contribution in [0.1, 0.15) is 36.1 Å². The van der Waals surface area contributed by atoms with Crippen LogP contribution in [-0.2, 0) is 19.4 Å². The Hall–Kier alpha value is -2.82. The van der Waals surface area contributed by atoms with E-state index < -0.39 is 6.10 Å². The highest BCUT2D eigenvalue weighted by Crippen LogP contribution is 2.21. The van der Waals surface area contributed by atoms with E-state index in [0.717, 1.165) is 28.0 Å². The Morgan fingerprint density at radius 2 is 1.37 bits per heavy atom. The Labute approximate surface area is 179 Å². The van der Waals surface area contributed by atoms with Crippen molar-refractivity contribution in [3.63, 3.8) is 0 Å². The van der Waals surface area contributed by atoms with Crippen molar-refractivity contribution in [2.45, 2.75) is 52.4 Å². The van der Waals surface area contributed by atoms with E-state index in [1.165, 1.54) is 0 Å². The standard InChI is InChI=1S/C16H18O2.C10H14O2/c1-13(17)11-15-9-5-6-10-16(15)18-12-14-7-3-2-4-8-14;1-7-3-4-10(12)9(5-7)6-8(2)11/h2-10,13,17H,11-12H2,1H3;3-5,8,11-12H,6H2,1-2H3/t13-;8-/m11/s1. The number of aryl methyl sites for hydroxylation is 1. The van der Waals surface area contributed by atoms with Crippen molar-refractivity contribution >= 4 is 0 Å². The van der Waals surface area contributed by atoms with Gasteiger partial charge >= 0.3 is 0 Å². The fourth-order valence-electron chi connectivity index (χ4n) is 3.06. The number of benzene rings is 3. The van der Waals surface area contributed by atoms with Gasteiger partial charge in [-0.2, -0.15) is 0 Å². The van der Waals surface area contributed by atoms with Gasteiger partial charge in [-0.1, -0.05) is 66.2 Å². The highest BCUT2D eigenvalue weighted by Gasteiger charge is 2.06. The van der Waals surface area contributed by atoms with Gasteiger partial charge in [0, 0.05) is 12.8 Å². The van der Waals surface area contributed by atoms with Crippen LogP contribution >= 0.6 is 0 Å². The van der Waals surface area contributed by atoms with Crippen LogP contribution in [0.2, 0.25) is 0 Å². The quantitative estimate of drug-likeness (QED) is 0.525. The van der Waals surface area contributed by atoms with E-state index in [1.54, 1.807) is 19.9 Å². The molecule has 3 rings (SSSR count). The lowest BCUT2D eigenvalue weighted by Gasteiger charge is -2.12. The van der Waals surface area contributed by atoms with Crippen LogP contribution in [0.15, 0.2) is 72.8 Å². The molecule has 0 amide bonds. The highest BCUT2D eigenvalue weighted by molar-refractivity contribution is 5.36. The number of ether oxygens (including phenoxy) is 1. The van der Waals surface area contributed by atoms with E-state index in [-0.39, 0.29) is 11.9 Å². The molecule has 0 bridgehead atoms. The molecule has 4 heteroatoms. The van der Waals surface area contributed by atoms with Gasteiger partial charge in [0.05, 0.1) is 12.2 Å². The molecular weight excluding hydrogens is 376 g/mol. The molecule has 0 saturated carbocycles. The number of rotatable bonds is 7. The molecule has 3 aromatic rings. The van der Waals surface area contributed by atoms with Crippen molar-refractivity contribution in [1.29, 1.82) is 0 Å². The Balaban J connectivity index is 0.000000232. The smallest absolute Gasteiger partial charge is 0.123 e. The van der Waals surface area contributed by atoms with Crippen molar-refractivity contribution in [1.82, 2.24) is 0 Å². The van der Waals surface area contributed by atoms with Crippen molar-refractivity contribution < 1.29 is 20.1 Å². The fraction of sp³-hybridized carbons (Fsp3) is 0.308. The number of aliphatic hydroxyl groups excluding tert-OH is 2. The SMILES string of the molecule is C[C@@H](O)Cc1ccccc1OCc1ccccc1.Cc1ccc(O)c(C[C@@H](C)O)c1. The lowest BCUT2D eigenvalue weighted by molar-refractivity contribution is 0.193. The molecule has 0 radical (unpaired) electrons. The number of aromatic hydroxyl groups is 1. The summed E-state index contributed by atoms with van der Waals surface area (Å²) in [5, 5.41) is 27.9. The lowest BCUT2D eigenvalue weighted by Crippen LogP contribution is -2.06. The van der Waals surface area contributed by atoms with Crippen molar-refractivity contribution in [3.8, 4) is 11.5 Å². The van der Waals surface area contributed by atoms with E-state index in [9.17, 15) is 10.2 Å². The van der Waals surface area contributed by atoms with Gasteiger partial charge in [-0.15, -0.1) is 0 Å². The summed E-state index contributed by atoms with van der Waals surface area (Å²) in [4.78, 5) is 0. The minimum atomic E-state index is -0.405. The fourth-order valence-corrected chi connectivity index (χ4v) is 3.06. The van der Waals surface area contributed by atoms with Gasteiger partial charge in [0.15, 0.2) is 0 Å². The number of phenolic OH excluding ortho intramolecular Hbond substituents is 1. The maximum absolute atomic E-state index is 9.46. The molecule has 0 unspecified atom stereocenters. The Morgan fingerprint density at radius 3 is 2.03 bits per heavy atom. The summed E-state index contributed by atoms with van der Waals surface area (Å²) in [6.07, 6.45) is 0.363. The molecular formula is C26H32O4. The average molecular weight is 409 g/mol. The van der Waals surface area contributed by atoms with Crippen molar-refractivity contribution in [2.75, 3.05) is 0 Å². The second-order valence-electron chi connectivity index (χ2n) is 7.62. The summed E-state index contributed by atoms with van der Waals surface area (Å²) in [5.74, 6) is 1.11. The zero-order valence-electron chi connectivity index (χ0n) is 18.0. The molecule has 0 aliphatic rings. The van der Waals surface area contributed by atoms with Crippen LogP contribution in [0.25, 0.3) is 0 Å². The number of hydrogen-bond donors (Lipinski definition) is 3. The molecule has 0 spiro atoms. The topological polar surface area (TPSA) is 69.9 Å². The number of hydrogen-bond acceptors (Lipinski definition) is 4. The third-order valence-corrected chi connectivity index (χ3v) is 4.48. The van der Waals surface area contributed by atoms with Gasteiger partial charge in [0.1, 0.15) is 18.1 Å². The van der Waals surface area contributed by atoms with Gasteiger partial charge in [0.25, 0.3) is 0 Å². The first-order chi connectivity index (χ1) is 14.3. The summed E-state index contributed by atoms with van der Waals surface area (Å²) in [6, 6.07) is 23.3. The predicted octanol–water partition coefficient (Wildman–Crippen LogP) is 4.81. The second kappa shape index (κ2) is 12.0. The van der Waals surface area contributed by atoms with Gasteiger partial charge in [-0.3, -0.25) is 0 Å². The zero-order valence-corrected chi connectivity index (χ0v) is 18.0. The monoisotopic (exact) mass is 408 g/mol. The molecule has 0 aliphatic heterocycles.